The minimum absolute atomic E-state index is 0.0324. The highest BCUT2D eigenvalue weighted by Gasteiger charge is 2.54. The van der Waals surface area contributed by atoms with Gasteiger partial charge in [0.2, 0.25) is 10.0 Å². The van der Waals surface area contributed by atoms with Crippen molar-refractivity contribution in [2.75, 3.05) is 0 Å². The predicted octanol–water partition coefficient (Wildman–Crippen LogP) is 4.04. The molecule has 0 bridgehead atoms. The third kappa shape index (κ3) is 4.86. The number of nitrogens with one attached hydrogen (secondary N) is 1. The molecule has 202 valence electrons. The lowest BCUT2D eigenvalue weighted by molar-refractivity contribution is -0.0863. The highest BCUT2D eigenvalue weighted by molar-refractivity contribution is 7.89. The number of aliphatic hydroxyl groups is 1. The van der Waals surface area contributed by atoms with Crippen LogP contribution in [0, 0.1) is 11.6 Å². The van der Waals surface area contributed by atoms with Crippen LogP contribution in [-0.4, -0.2) is 45.0 Å². The van der Waals surface area contributed by atoms with Crippen LogP contribution in [0.1, 0.15) is 72.0 Å². The smallest absolute Gasteiger partial charge is 0.273 e. The third-order valence-electron chi connectivity index (χ3n) is 7.48. The molecule has 2 atom stereocenters. The lowest BCUT2D eigenvalue weighted by Gasteiger charge is -2.52. The first kappa shape index (κ1) is 26.8. The minimum Gasteiger partial charge on any atom is -0.390 e. The molecule has 1 amide bonds. The van der Waals surface area contributed by atoms with Gasteiger partial charge in [-0.3, -0.25) is 4.79 Å². The van der Waals surface area contributed by atoms with E-state index in [2.05, 4.69) is 14.9 Å². The lowest BCUT2D eigenvalue weighted by Crippen LogP contribution is -2.62. The van der Waals surface area contributed by atoms with Gasteiger partial charge in [0.15, 0.2) is 5.69 Å². The number of hydrogen-bond donors (Lipinski definition) is 2. The third-order valence-corrected chi connectivity index (χ3v) is 10.4. The Bertz CT molecular complexity index is 1440. The lowest BCUT2D eigenvalue weighted by atomic mass is 9.62. The monoisotopic (exact) mass is 562 g/mol. The second-order valence-corrected chi connectivity index (χ2v) is 13.2. The maximum absolute atomic E-state index is 15.6. The number of rotatable bonds is 6. The van der Waals surface area contributed by atoms with Crippen molar-refractivity contribution in [3.8, 4) is 0 Å². The van der Waals surface area contributed by atoms with Gasteiger partial charge in [0, 0.05) is 41.9 Å². The fraction of sp³-hybridized carbons (Fsp3) is 0.423. The quantitative estimate of drug-likeness (QED) is 0.469. The fourth-order valence-electron chi connectivity index (χ4n) is 5.74. The summed E-state index contributed by atoms with van der Waals surface area (Å²) >= 11 is 0.979. The molecule has 3 aromatic rings. The number of halogens is 2. The number of amides is 1. The molecule has 0 spiro atoms. The molecule has 1 aliphatic carbocycles. The zero-order valence-corrected chi connectivity index (χ0v) is 22.5. The van der Waals surface area contributed by atoms with Gasteiger partial charge in [-0.25, -0.2) is 17.2 Å². The van der Waals surface area contributed by atoms with Crippen LogP contribution in [0.15, 0.2) is 47.8 Å². The maximum atomic E-state index is 15.6. The first-order valence-electron chi connectivity index (χ1n) is 12.3. The average molecular weight is 563 g/mol. The molecule has 1 aromatic heterocycles. The van der Waals surface area contributed by atoms with Gasteiger partial charge in [-0.15, -0.1) is 5.10 Å². The first-order chi connectivity index (χ1) is 17.9. The number of sulfonamides is 1. The number of carbonyl (C=O) groups excluding carboxylic acids is 1. The Balaban J connectivity index is 1.45. The van der Waals surface area contributed by atoms with Crippen LogP contribution in [0.5, 0.6) is 0 Å². The van der Waals surface area contributed by atoms with Crippen molar-refractivity contribution in [1.82, 2.24) is 19.2 Å². The molecule has 2 fully saturated rings. The number of benzene rings is 2. The van der Waals surface area contributed by atoms with Crippen LogP contribution in [0.4, 0.5) is 8.78 Å². The number of aromatic nitrogens is 2. The molecule has 2 aromatic carbocycles. The molecule has 12 heteroatoms. The van der Waals surface area contributed by atoms with Crippen molar-refractivity contribution < 1.29 is 27.1 Å². The Morgan fingerprint density at radius 2 is 1.89 bits per heavy atom. The second-order valence-electron chi connectivity index (χ2n) is 10.5. The molecular weight excluding hydrogens is 534 g/mol. The van der Waals surface area contributed by atoms with E-state index in [9.17, 15) is 18.3 Å². The van der Waals surface area contributed by atoms with E-state index >= 15 is 8.78 Å². The van der Waals surface area contributed by atoms with Gasteiger partial charge in [0.25, 0.3) is 5.91 Å². The standard InChI is InChI=1S/C26H28F2N4O4S2/c1-16-8-9-23(17-6-4-3-5-7-17)38(35,36)32(16)12-18-10-21(28)19(11-20(18)27)26(14-25(2,34)15-26)29-24(33)22-13-37-31-30-22/h3-7,10-11,13,16,23,34H,8-9,12,14-15H2,1-2H3,(H,29,33)/t16-,23+,25?,26?/m0/s1. The van der Waals surface area contributed by atoms with Gasteiger partial charge >= 0.3 is 0 Å². The van der Waals surface area contributed by atoms with Crippen molar-refractivity contribution in [2.45, 2.75) is 68.5 Å². The Hall–Kier alpha value is -2.80. The maximum Gasteiger partial charge on any atom is 0.273 e. The summed E-state index contributed by atoms with van der Waals surface area (Å²) in [6.45, 7) is 2.99. The molecule has 0 unspecified atom stereocenters. The highest BCUT2D eigenvalue weighted by atomic mass is 32.2. The molecule has 2 N–H and O–H groups in total. The molecule has 2 aliphatic rings. The summed E-state index contributed by atoms with van der Waals surface area (Å²) in [6, 6.07) is 10.5. The largest absolute Gasteiger partial charge is 0.390 e. The van der Waals surface area contributed by atoms with Crippen molar-refractivity contribution in [1.29, 1.82) is 0 Å². The average Bonchev–Trinajstić information content (AvgIpc) is 3.38. The number of nitrogens with zero attached hydrogens (tertiary/aromatic N) is 3. The molecule has 5 rings (SSSR count). The summed E-state index contributed by atoms with van der Waals surface area (Å²) in [5.41, 5.74) is -2.05. The van der Waals surface area contributed by atoms with Crippen LogP contribution in [0.3, 0.4) is 0 Å². The number of carbonyl (C=O) groups is 1. The van der Waals surface area contributed by atoms with E-state index < -0.39 is 44.0 Å². The van der Waals surface area contributed by atoms with Crippen LogP contribution < -0.4 is 5.32 Å². The Morgan fingerprint density at radius 3 is 2.53 bits per heavy atom. The normalized spacial score (nSPS) is 29.0. The van der Waals surface area contributed by atoms with E-state index in [1.165, 1.54) is 9.69 Å². The van der Waals surface area contributed by atoms with Gasteiger partial charge in [-0.1, -0.05) is 34.8 Å². The van der Waals surface area contributed by atoms with Crippen molar-refractivity contribution in [3.05, 3.63) is 81.9 Å². The molecule has 38 heavy (non-hydrogen) atoms. The number of hydrogen-bond acceptors (Lipinski definition) is 7. The van der Waals surface area contributed by atoms with Crippen LogP contribution >= 0.6 is 11.5 Å². The molecule has 1 saturated carbocycles. The molecule has 8 nitrogen and oxygen atoms in total. The highest BCUT2D eigenvalue weighted by Crippen LogP contribution is 2.49. The van der Waals surface area contributed by atoms with Gasteiger partial charge in [0.1, 0.15) is 16.9 Å². The zero-order chi connectivity index (χ0) is 27.3. The minimum atomic E-state index is -3.84. The summed E-state index contributed by atoms with van der Waals surface area (Å²) in [4.78, 5) is 12.7. The molecular formula is C26H28F2N4O4S2. The van der Waals surface area contributed by atoms with E-state index in [0.29, 0.717) is 18.4 Å². The Kier molecular flexibility index (Phi) is 6.87. The molecule has 2 heterocycles. The first-order valence-corrected chi connectivity index (χ1v) is 14.6. The van der Waals surface area contributed by atoms with E-state index in [1.807, 2.05) is 6.07 Å². The van der Waals surface area contributed by atoms with E-state index in [1.54, 1.807) is 38.1 Å². The fourth-order valence-corrected chi connectivity index (χ4v) is 8.36. The van der Waals surface area contributed by atoms with Crippen molar-refractivity contribution in [3.63, 3.8) is 0 Å². The zero-order valence-electron chi connectivity index (χ0n) is 20.9. The summed E-state index contributed by atoms with van der Waals surface area (Å²) in [7, 11) is -3.84. The summed E-state index contributed by atoms with van der Waals surface area (Å²) in [5, 5.41) is 17.5. The Morgan fingerprint density at radius 1 is 1.18 bits per heavy atom. The van der Waals surface area contributed by atoms with Crippen molar-refractivity contribution in [2.24, 2.45) is 0 Å². The van der Waals surface area contributed by atoms with Crippen molar-refractivity contribution >= 4 is 27.5 Å². The van der Waals surface area contributed by atoms with Crippen LogP contribution in [0.2, 0.25) is 0 Å². The SMILES string of the molecule is C[C@H]1CC[C@H](c2ccccc2)S(=O)(=O)N1Cc1cc(F)c(C2(NC(=O)c3csnn3)CC(C)(O)C2)cc1F. The topological polar surface area (TPSA) is 112 Å². The predicted molar refractivity (Wildman–Crippen MR) is 138 cm³/mol. The summed E-state index contributed by atoms with van der Waals surface area (Å²) in [5.74, 6) is -2.20. The van der Waals surface area contributed by atoms with Gasteiger partial charge in [0.05, 0.1) is 11.1 Å². The van der Waals surface area contributed by atoms with E-state index in [-0.39, 0.29) is 42.2 Å². The van der Waals surface area contributed by atoms with Crippen LogP contribution in [-0.2, 0) is 22.1 Å². The molecule has 1 aliphatic heterocycles. The van der Waals surface area contributed by atoms with Crippen LogP contribution in [0.25, 0.3) is 0 Å². The van der Waals surface area contributed by atoms with E-state index in [4.69, 9.17) is 0 Å². The second kappa shape index (κ2) is 9.74. The summed E-state index contributed by atoms with van der Waals surface area (Å²) in [6.07, 6.45) is 0.956. The van der Waals surface area contributed by atoms with Gasteiger partial charge in [-0.2, -0.15) is 4.31 Å². The van der Waals surface area contributed by atoms with Gasteiger partial charge < -0.3 is 10.4 Å². The molecule has 0 radical (unpaired) electrons. The van der Waals surface area contributed by atoms with E-state index in [0.717, 1.165) is 23.7 Å². The summed E-state index contributed by atoms with van der Waals surface area (Å²) < 4.78 is 63.0. The Labute approximate surface area is 223 Å². The molecule has 1 saturated heterocycles. The van der Waals surface area contributed by atoms with Gasteiger partial charge in [-0.05, 0) is 55.9 Å².